The maximum absolute atomic E-state index is 13.3. The number of nitrogens with zero attached hydrogens (tertiary/aromatic N) is 2. The van der Waals surface area contributed by atoms with Crippen molar-refractivity contribution in [3.05, 3.63) is 55.8 Å². The van der Waals surface area contributed by atoms with Crippen molar-refractivity contribution in [3.8, 4) is 17.1 Å². The van der Waals surface area contributed by atoms with Crippen LogP contribution < -0.4 is 10.3 Å². The van der Waals surface area contributed by atoms with Crippen LogP contribution >= 0.6 is 15.9 Å². The molecule has 5 rings (SSSR count). The first kappa shape index (κ1) is 19.3. The third kappa shape index (κ3) is 2.63. The highest BCUT2D eigenvalue weighted by Crippen LogP contribution is 2.40. The van der Waals surface area contributed by atoms with Crippen LogP contribution in [0.15, 0.2) is 33.5 Å². The van der Waals surface area contributed by atoms with E-state index >= 15 is 0 Å². The number of halogens is 1. The number of cyclic esters (lactones) is 1. The average molecular weight is 471 g/mol. The number of fused-ring (bicyclic) bond motifs is 5. The summed E-state index contributed by atoms with van der Waals surface area (Å²) in [7, 11) is 1.61. The molecule has 154 valence electrons. The Balaban J connectivity index is 1.76. The van der Waals surface area contributed by atoms with E-state index in [4.69, 9.17) is 14.5 Å². The van der Waals surface area contributed by atoms with Crippen LogP contribution in [0.25, 0.3) is 22.3 Å². The third-order valence-electron chi connectivity index (χ3n) is 6.07. The molecular weight excluding hydrogens is 452 g/mol. The van der Waals surface area contributed by atoms with E-state index in [1.54, 1.807) is 24.7 Å². The lowest BCUT2D eigenvalue weighted by molar-refractivity contribution is -0.149. The molecule has 0 radical (unpaired) electrons. The van der Waals surface area contributed by atoms with Gasteiger partial charge in [0.2, 0.25) is 0 Å². The molecule has 0 fully saturated rings. The number of aliphatic hydroxyl groups is 1. The van der Waals surface area contributed by atoms with Crippen molar-refractivity contribution in [1.82, 2.24) is 9.55 Å². The van der Waals surface area contributed by atoms with Crippen LogP contribution in [0.2, 0.25) is 0 Å². The van der Waals surface area contributed by atoms with E-state index in [9.17, 15) is 14.7 Å². The van der Waals surface area contributed by atoms with Crippen LogP contribution in [0, 0.1) is 0 Å². The first-order chi connectivity index (χ1) is 14.4. The van der Waals surface area contributed by atoms with Crippen molar-refractivity contribution in [2.45, 2.75) is 38.5 Å². The maximum atomic E-state index is 13.3. The SMILES string of the molecule is CCC1(O)CC(=O)OCc2c1cc1n(c2=O)Cc2cc3c(Br)c(OC)ccc3nc2-1. The molecule has 1 N–H and O–H groups in total. The molecule has 1 aromatic carbocycles. The monoisotopic (exact) mass is 470 g/mol. The summed E-state index contributed by atoms with van der Waals surface area (Å²) in [6, 6.07) is 7.52. The zero-order valence-corrected chi connectivity index (χ0v) is 18.1. The number of aromatic nitrogens is 2. The minimum Gasteiger partial charge on any atom is -0.496 e. The number of pyridine rings is 2. The summed E-state index contributed by atoms with van der Waals surface area (Å²) in [5.41, 5.74) is 2.11. The second-order valence-electron chi connectivity index (χ2n) is 7.68. The van der Waals surface area contributed by atoms with Crippen LogP contribution in [0.4, 0.5) is 0 Å². The second kappa shape index (κ2) is 6.65. The largest absolute Gasteiger partial charge is 0.496 e. The first-order valence-corrected chi connectivity index (χ1v) is 10.5. The summed E-state index contributed by atoms with van der Waals surface area (Å²) < 4.78 is 13.0. The van der Waals surface area contributed by atoms with Gasteiger partial charge in [-0.3, -0.25) is 9.59 Å². The van der Waals surface area contributed by atoms with E-state index in [0.29, 0.717) is 41.2 Å². The Hall–Kier alpha value is -2.71. The number of carbonyl (C=O) groups excluding carboxylic acids is 1. The molecule has 0 spiro atoms. The van der Waals surface area contributed by atoms with Gasteiger partial charge in [-0.2, -0.15) is 0 Å². The van der Waals surface area contributed by atoms with E-state index in [-0.39, 0.29) is 18.6 Å². The van der Waals surface area contributed by atoms with E-state index < -0.39 is 11.6 Å². The van der Waals surface area contributed by atoms with Crippen LogP contribution in [0.1, 0.15) is 36.5 Å². The van der Waals surface area contributed by atoms with Gasteiger partial charge in [-0.1, -0.05) is 6.92 Å². The molecule has 0 bridgehead atoms. The third-order valence-corrected chi connectivity index (χ3v) is 6.89. The van der Waals surface area contributed by atoms with Gasteiger partial charge in [0.25, 0.3) is 5.56 Å². The van der Waals surface area contributed by atoms with Crippen molar-refractivity contribution in [2.75, 3.05) is 7.11 Å². The fraction of sp³-hybridized carbons (Fsp3) is 0.318. The standard InChI is InChI=1S/C22H19BrN2O5/c1-3-22(28)8-18(26)30-10-13-14(22)7-16-20-11(9-25(16)21(13)27)6-12-15(24-20)4-5-17(29-2)19(12)23/h4-7,28H,3,8-10H2,1-2H3. The molecule has 0 aliphatic carbocycles. The number of carbonyl (C=O) groups is 1. The number of rotatable bonds is 2. The molecule has 0 saturated carbocycles. The van der Waals surface area contributed by atoms with E-state index in [2.05, 4.69) is 15.9 Å². The fourth-order valence-corrected chi connectivity index (χ4v) is 4.96. The van der Waals surface area contributed by atoms with Crippen LogP contribution in [0.5, 0.6) is 5.75 Å². The van der Waals surface area contributed by atoms with Gasteiger partial charge in [0.05, 0.1) is 47.0 Å². The molecule has 4 heterocycles. The highest BCUT2D eigenvalue weighted by atomic mass is 79.9. The molecule has 2 aliphatic heterocycles. The van der Waals surface area contributed by atoms with Gasteiger partial charge in [-0.05, 0) is 52.2 Å². The smallest absolute Gasteiger partial charge is 0.309 e. The van der Waals surface area contributed by atoms with Crippen molar-refractivity contribution in [3.63, 3.8) is 0 Å². The molecular formula is C22H19BrN2O5. The summed E-state index contributed by atoms with van der Waals surface area (Å²) in [5, 5.41) is 12.1. The van der Waals surface area contributed by atoms with Gasteiger partial charge in [-0.15, -0.1) is 0 Å². The number of esters is 1. The lowest BCUT2D eigenvalue weighted by Crippen LogP contribution is -2.32. The van der Waals surface area contributed by atoms with Gasteiger partial charge in [0, 0.05) is 10.9 Å². The van der Waals surface area contributed by atoms with Crippen LogP contribution in [0.3, 0.4) is 0 Å². The molecule has 7 nitrogen and oxygen atoms in total. The van der Waals surface area contributed by atoms with Gasteiger partial charge < -0.3 is 19.1 Å². The average Bonchev–Trinajstić information content (AvgIpc) is 3.03. The molecule has 2 aromatic heterocycles. The van der Waals surface area contributed by atoms with Crippen molar-refractivity contribution < 1.29 is 19.4 Å². The molecule has 0 saturated heterocycles. The predicted molar refractivity (Wildman–Crippen MR) is 113 cm³/mol. The Bertz CT molecular complexity index is 1300. The molecule has 30 heavy (non-hydrogen) atoms. The predicted octanol–water partition coefficient (Wildman–Crippen LogP) is 3.24. The van der Waals surface area contributed by atoms with Crippen LogP contribution in [-0.2, 0) is 28.3 Å². The van der Waals surface area contributed by atoms with Crippen LogP contribution in [-0.4, -0.2) is 27.7 Å². The number of hydrogen-bond donors (Lipinski definition) is 1. The van der Waals surface area contributed by atoms with Crippen molar-refractivity contribution in [2.24, 2.45) is 0 Å². The Morgan fingerprint density at radius 2 is 2.13 bits per heavy atom. The summed E-state index contributed by atoms with van der Waals surface area (Å²) in [5.74, 6) is 0.196. The number of ether oxygens (including phenoxy) is 2. The quantitative estimate of drug-likeness (QED) is 0.452. The Morgan fingerprint density at radius 3 is 2.87 bits per heavy atom. The molecule has 1 atom stereocenters. The van der Waals surface area contributed by atoms with Gasteiger partial charge in [0.15, 0.2) is 0 Å². The van der Waals surface area contributed by atoms with Gasteiger partial charge >= 0.3 is 5.97 Å². The summed E-state index contributed by atoms with van der Waals surface area (Å²) in [6.07, 6.45) is 0.118. The van der Waals surface area contributed by atoms with E-state index in [1.807, 2.05) is 18.2 Å². The lowest BCUT2D eigenvalue weighted by atomic mass is 9.85. The van der Waals surface area contributed by atoms with Crippen molar-refractivity contribution >= 4 is 32.8 Å². The fourth-order valence-electron chi connectivity index (χ4n) is 4.35. The van der Waals surface area contributed by atoms with Gasteiger partial charge in [-0.25, -0.2) is 4.98 Å². The normalized spacial score (nSPS) is 19.7. The Labute approximate surface area is 180 Å². The zero-order chi connectivity index (χ0) is 21.2. The van der Waals surface area contributed by atoms with E-state index in [1.165, 1.54) is 0 Å². The summed E-state index contributed by atoms with van der Waals surface area (Å²) in [4.78, 5) is 30.1. The minimum atomic E-state index is -1.44. The lowest BCUT2D eigenvalue weighted by Gasteiger charge is -2.26. The maximum Gasteiger partial charge on any atom is 0.309 e. The zero-order valence-electron chi connectivity index (χ0n) is 16.5. The highest BCUT2D eigenvalue weighted by molar-refractivity contribution is 9.10. The van der Waals surface area contributed by atoms with Gasteiger partial charge in [0.1, 0.15) is 18.0 Å². The molecule has 1 unspecified atom stereocenters. The highest BCUT2D eigenvalue weighted by Gasteiger charge is 2.39. The second-order valence-corrected chi connectivity index (χ2v) is 8.47. The number of hydrogen-bond acceptors (Lipinski definition) is 6. The Morgan fingerprint density at radius 1 is 1.33 bits per heavy atom. The Kier molecular flexibility index (Phi) is 4.27. The molecule has 2 aliphatic rings. The number of methoxy groups -OCH3 is 1. The molecule has 8 heteroatoms. The summed E-state index contributed by atoms with van der Waals surface area (Å²) >= 11 is 3.58. The minimum absolute atomic E-state index is 0.135. The van der Waals surface area contributed by atoms with E-state index in [0.717, 1.165) is 20.9 Å². The molecule has 0 amide bonds. The first-order valence-electron chi connectivity index (χ1n) is 9.68. The number of benzene rings is 1. The molecule has 3 aromatic rings. The topological polar surface area (TPSA) is 90.7 Å². The van der Waals surface area contributed by atoms with Crippen molar-refractivity contribution in [1.29, 1.82) is 0 Å². The summed E-state index contributed by atoms with van der Waals surface area (Å²) in [6.45, 7) is 2.02.